The second-order valence-corrected chi connectivity index (χ2v) is 6.33. The van der Waals surface area contributed by atoms with Crippen molar-refractivity contribution in [1.82, 2.24) is 4.90 Å². The summed E-state index contributed by atoms with van der Waals surface area (Å²) in [7, 11) is 0. The van der Waals surface area contributed by atoms with E-state index < -0.39 is 24.0 Å². The Balaban J connectivity index is 1.60. The van der Waals surface area contributed by atoms with Crippen molar-refractivity contribution in [2.75, 3.05) is 6.61 Å². The van der Waals surface area contributed by atoms with Gasteiger partial charge in [0.1, 0.15) is 24.5 Å². The molecule has 1 aliphatic heterocycles. The monoisotopic (exact) mass is 370 g/mol. The molecule has 0 aliphatic carbocycles. The van der Waals surface area contributed by atoms with E-state index in [0.717, 1.165) is 10.5 Å². The molecule has 2 atom stereocenters. The first kappa shape index (κ1) is 18.7. The maximum Gasteiger partial charge on any atom is 0.417 e. The molecule has 2 aromatic rings. The number of ether oxygens (including phenoxy) is 1. The summed E-state index contributed by atoms with van der Waals surface area (Å²) in [6.07, 6.45) is 0.140. The van der Waals surface area contributed by atoms with Gasteiger partial charge in [-0.3, -0.25) is 4.79 Å². The zero-order chi connectivity index (χ0) is 19.2. The Morgan fingerprint density at radius 1 is 1.19 bits per heavy atom. The number of carbonyl (C=O) groups excluding carboxylic acids is 2. The van der Waals surface area contributed by atoms with E-state index in [-0.39, 0.29) is 18.9 Å². The molecule has 2 amide bonds. The Morgan fingerprint density at radius 2 is 1.89 bits per heavy atom. The number of halogens is 1. The summed E-state index contributed by atoms with van der Waals surface area (Å²) in [4.78, 5) is 36.8. The van der Waals surface area contributed by atoms with Crippen LogP contribution in [-0.4, -0.2) is 23.5 Å². The Morgan fingerprint density at radius 3 is 2.56 bits per heavy atom. The third-order valence-corrected chi connectivity index (χ3v) is 4.58. The van der Waals surface area contributed by atoms with Crippen molar-refractivity contribution in [3.8, 4) is 0 Å². The highest BCUT2D eigenvalue weighted by molar-refractivity contribution is 5.93. The van der Waals surface area contributed by atoms with Crippen molar-refractivity contribution in [3.05, 3.63) is 76.4 Å². The van der Waals surface area contributed by atoms with Crippen molar-refractivity contribution < 1.29 is 18.7 Å². The quantitative estimate of drug-likeness (QED) is 0.671. The summed E-state index contributed by atoms with van der Waals surface area (Å²) in [5, 5.41) is 3.07. The molecule has 0 spiro atoms. The Kier molecular flexibility index (Phi) is 5.90. The van der Waals surface area contributed by atoms with Crippen LogP contribution < -0.4 is 0 Å². The van der Waals surface area contributed by atoms with Gasteiger partial charge in [-0.25, -0.2) is 14.1 Å². The largest absolute Gasteiger partial charge is 0.446 e. The van der Waals surface area contributed by atoms with Crippen LogP contribution in [-0.2, 0) is 9.53 Å². The average molecular weight is 370 g/mol. The smallest absolute Gasteiger partial charge is 0.417 e. The first-order valence-electron chi connectivity index (χ1n) is 8.72. The van der Waals surface area contributed by atoms with Gasteiger partial charge in [0.15, 0.2) is 0 Å². The fourth-order valence-corrected chi connectivity index (χ4v) is 3.15. The zero-order valence-electron chi connectivity index (χ0n) is 14.6. The van der Waals surface area contributed by atoms with Gasteiger partial charge in [-0.15, -0.1) is 0 Å². The second-order valence-electron chi connectivity index (χ2n) is 6.33. The SMILES string of the molecule is O=NC(CCCC(=O)N1C(=O)OCC1c1ccccc1)c1ccc(F)cc1. The molecule has 140 valence electrons. The minimum absolute atomic E-state index is 0.0889. The average Bonchev–Trinajstić information content (AvgIpc) is 3.08. The highest BCUT2D eigenvalue weighted by Gasteiger charge is 2.38. The molecule has 7 heteroatoms. The molecule has 1 heterocycles. The van der Waals surface area contributed by atoms with Gasteiger partial charge in [0, 0.05) is 6.42 Å². The van der Waals surface area contributed by atoms with E-state index in [4.69, 9.17) is 4.74 Å². The van der Waals surface area contributed by atoms with Crippen molar-refractivity contribution in [1.29, 1.82) is 0 Å². The fourth-order valence-electron chi connectivity index (χ4n) is 3.15. The number of hydrogen-bond donors (Lipinski definition) is 0. The highest BCUT2D eigenvalue weighted by atomic mass is 19.1. The van der Waals surface area contributed by atoms with Gasteiger partial charge in [-0.2, -0.15) is 4.91 Å². The number of nitrogens with zero attached hydrogens (tertiary/aromatic N) is 2. The van der Waals surface area contributed by atoms with Crippen LogP contribution in [0, 0.1) is 10.7 Å². The minimum atomic E-state index is -0.658. The molecule has 0 radical (unpaired) electrons. The molecule has 2 unspecified atom stereocenters. The van der Waals surface area contributed by atoms with Crippen molar-refractivity contribution in [2.24, 2.45) is 5.18 Å². The lowest BCUT2D eigenvalue weighted by Crippen LogP contribution is -2.34. The fraction of sp³-hybridized carbons (Fsp3) is 0.300. The van der Waals surface area contributed by atoms with Crippen LogP contribution in [0.15, 0.2) is 59.8 Å². The van der Waals surface area contributed by atoms with Crippen molar-refractivity contribution in [3.63, 3.8) is 0 Å². The first-order chi connectivity index (χ1) is 13.1. The molecular weight excluding hydrogens is 351 g/mol. The molecule has 1 aliphatic rings. The van der Waals surface area contributed by atoms with Gasteiger partial charge in [-0.1, -0.05) is 47.6 Å². The van der Waals surface area contributed by atoms with Crippen LogP contribution in [0.3, 0.4) is 0 Å². The van der Waals surface area contributed by atoms with Crippen LogP contribution in [0.1, 0.15) is 42.5 Å². The molecule has 0 saturated carbocycles. The molecule has 6 nitrogen and oxygen atoms in total. The molecule has 27 heavy (non-hydrogen) atoms. The third-order valence-electron chi connectivity index (χ3n) is 4.58. The van der Waals surface area contributed by atoms with E-state index in [1.165, 1.54) is 24.3 Å². The first-order valence-corrected chi connectivity index (χ1v) is 8.72. The summed E-state index contributed by atoms with van der Waals surface area (Å²) in [5.41, 5.74) is 1.43. The van der Waals surface area contributed by atoms with Gasteiger partial charge in [0.05, 0.1) is 0 Å². The number of nitroso groups, excluding NO2 is 1. The lowest BCUT2D eigenvalue weighted by molar-refractivity contribution is -0.129. The van der Waals surface area contributed by atoms with Gasteiger partial charge in [0.25, 0.3) is 0 Å². The summed E-state index contributed by atoms with van der Waals surface area (Å²) in [6, 6.07) is 13.7. The predicted octanol–water partition coefficient (Wildman–Crippen LogP) is 4.52. The summed E-state index contributed by atoms with van der Waals surface area (Å²) < 4.78 is 18.0. The molecule has 3 rings (SSSR count). The molecule has 2 aromatic carbocycles. The van der Waals surface area contributed by atoms with E-state index in [0.29, 0.717) is 18.4 Å². The zero-order valence-corrected chi connectivity index (χ0v) is 14.6. The number of rotatable bonds is 7. The molecule has 0 N–H and O–H groups in total. The van der Waals surface area contributed by atoms with Crippen LogP contribution in [0.2, 0.25) is 0 Å². The van der Waals surface area contributed by atoms with E-state index in [1.54, 1.807) is 0 Å². The predicted molar refractivity (Wildman–Crippen MR) is 96.2 cm³/mol. The second kappa shape index (κ2) is 8.53. The Bertz CT molecular complexity index is 810. The lowest BCUT2D eigenvalue weighted by Gasteiger charge is -2.20. The molecule has 1 saturated heterocycles. The highest BCUT2D eigenvalue weighted by Crippen LogP contribution is 2.29. The van der Waals surface area contributed by atoms with Gasteiger partial charge in [-0.05, 0) is 36.1 Å². The number of carbonyl (C=O) groups is 2. The summed E-state index contributed by atoms with van der Waals surface area (Å²) in [5.74, 6) is -0.742. The van der Waals surface area contributed by atoms with Crippen LogP contribution in [0.4, 0.5) is 9.18 Å². The summed E-state index contributed by atoms with van der Waals surface area (Å²) in [6.45, 7) is 0.128. The standard InChI is InChI=1S/C20H19FN2O4/c21-16-11-9-14(10-12-16)17(22-26)7-4-8-19(24)23-18(13-27-20(23)25)15-5-2-1-3-6-15/h1-3,5-6,9-12,17-18H,4,7-8,13H2. The normalized spacial score (nSPS) is 17.4. The molecule has 0 aromatic heterocycles. The van der Waals surface area contributed by atoms with E-state index in [1.807, 2.05) is 30.3 Å². The number of hydrogen-bond acceptors (Lipinski definition) is 5. The van der Waals surface area contributed by atoms with E-state index in [2.05, 4.69) is 5.18 Å². The lowest BCUT2D eigenvalue weighted by atomic mass is 10.0. The number of amides is 2. The van der Waals surface area contributed by atoms with Crippen molar-refractivity contribution >= 4 is 12.0 Å². The number of benzene rings is 2. The number of cyclic esters (lactones) is 1. The Hall–Kier alpha value is -3.09. The molecule has 1 fully saturated rings. The molecular formula is C20H19FN2O4. The van der Waals surface area contributed by atoms with Crippen molar-refractivity contribution in [2.45, 2.75) is 31.3 Å². The maximum atomic E-state index is 13.0. The summed E-state index contributed by atoms with van der Waals surface area (Å²) >= 11 is 0. The van der Waals surface area contributed by atoms with Gasteiger partial charge >= 0.3 is 6.09 Å². The van der Waals surface area contributed by atoms with Crippen LogP contribution in [0.25, 0.3) is 0 Å². The third kappa shape index (κ3) is 4.36. The topological polar surface area (TPSA) is 76.0 Å². The van der Waals surface area contributed by atoms with Gasteiger partial charge < -0.3 is 4.74 Å². The van der Waals surface area contributed by atoms with Crippen LogP contribution >= 0.6 is 0 Å². The van der Waals surface area contributed by atoms with E-state index in [9.17, 15) is 18.9 Å². The van der Waals surface area contributed by atoms with Gasteiger partial charge in [0.2, 0.25) is 5.91 Å². The molecule has 0 bridgehead atoms. The van der Waals surface area contributed by atoms with Crippen LogP contribution in [0.5, 0.6) is 0 Å². The minimum Gasteiger partial charge on any atom is -0.446 e. The van der Waals surface area contributed by atoms with E-state index >= 15 is 0 Å². The maximum absolute atomic E-state index is 13.0. The Labute approximate surface area is 155 Å². The number of imide groups is 1.